The first kappa shape index (κ1) is 17.5. The number of nitrogens with zero attached hydrogens (tertiary/aromatic N) is 2. The van der Waals surface area contributed by atoms with E-state index in [1.54, 1.807) is 0 Å². The van der Waals surface area contributed by atoms with Crippen molar-refractivity contribution in [3.05, 3.63) is 41.3 Å². The summed E-state index contributed by atoms with van der Waals surface area (Å²) in [4.78, 5) is 17.9. The van der Waals surface area contributed by atoms with Crippen LogP contribution in [0.5, 0.6) is 0 Å². The van der Waals surface area contributed by atoms with Crippen molar-refractivity contribution >= 4 is 15.7 Å². The zero-order chi connectivity index (χ0) is 18.2. The van der Waals surface area contributed by atoms with Crippen LogP contribution in [0.25, 0.3) is 11.5 Å². The van der Waals surface area contributed by atoms with E-state index in [1.807, 2.05) is 0 Å². The van der Waals surface area contributed by atoms with E-state index >= 15 is 0 Å². The van der Waals surface area contributed by atoms with Crippen LogP contribution in [0.3, 0.4) is 0 Å². The van der Waals surface area contributed by atoms with Gasteiger partial charge in [0.25, 0.3) is 0 Å². The fourth-order valence-corrected chi connectivity index (χ4v) is 3.19. The third kappa shape index (κ3) is 4.22. The summed E-state index contributed by atoms with van der Waals surface area (Å²) in [5, 5.41) is 0. The summed E-state index contributed by atoms with van der Waals surface area (Å²) in [5.74, 6) is -1.30. The fraction of sp³-hybridized carbons (Fsp3) is 0.375. The van der Waals surface area contributed by atoms with Gasteiger partial charge in [0, 0.05) is 37.3 Å². The molecule has 3 rings (SSSR count). The molecule has 9 heteroatoms. The summed E-state index contributed by atoms with van der Waals surface area (Å²) in [5.41, 5.74) is 0.695. The Hall–Kier alpha value is -2.29. The Balaban J connectivity index is 1.76. The van der Waals surface area contributed by atoms with Crippen molar-refractivity contribution < 1.29 is 26.4 Å². The molecule has 2 heterocycles. The van der Waals surface area contributed by atoms with Crippen LogP contribution in [0.2, 0.25) is 0 Å². The van der Waals surface area contributed by atoms with E-state index < -0.39 is 21.5 Å². The van der Waals surface area contributed by atoms with E-state index in [1.165, 1.54) is 4.90 Å². The molecule has 0 spiro atoms. The molecule has 1 amide bonds. The molecule has 0 aliphatic carbocycles. The molecule has 0 N–H and O–H groups in total. The maximum atomic E-state index is 13.3. The second-order valence-corrected chi connectivity index (χ2v) is 8.25. The van der Waals surface area contributed by atoms with Crippen LogP contribution in [-0.4, -0.2) is 42.8 Å². The van der Waals surface area contributed by atoms with Gasteiger partial charge in [-0.05, 0) is 12.1 Å². The van der Waals surface area contributed by atoms with Gasteiger partial charge < -0.3 is 9.32 Å². The number of aromatic nitrogens is 1. The molecule has 1 aliphatic heterocycles. The van der Waals surface area contributed by atoms with E-state index in [2.05, 4.69) is 4.98 Å². The predicted octanol–water partition coefficient (Wildman–Crippen LogP) is 1.94. The van der Waals surface area contributed by atoms with Gasteiger partial charge in [0.2, 0.25) is 11.8 Å². The van der Waals surface area contributed by atoms with E-state index in [0.717, 1.165) is 24.5 Å². The van der Waals surface area contributed by atoms with Crippen molar-refractivity contribution in [2.45, 2.75) is 19.4 Å². The molecule has 0 atom stereocenters. The number of hydrogen-bond acceptors (Lipinski definition) is 5. The first-order chi connectivity index (χ1) is 11.7. The Morgan fingerprint density at radius 2 is 1.96 bits per heavy atom. The van der Waals surface area contributed by atoms with Crippen LogP contribution in [0.1, 0.15) is 17.9 Å². The number of benzene rings is 1. The number of carbonyl (C=O) groups excluding carboxylic acids is 1. The Morgan fingerprint density at radius 1 is 1.28 bits per heavy atom. The molecule has 0 saturated heterocycles. The lowest BCUT2D eigenvalue weighted by molar-refractivity contribution is -0.131. The standard InChI is InChI=1S/C16H16F2N2O4S/c1-25(22,23)5-3-15(21)20-4-2-14-13(9-20)19-16(24-14)10-6-11(17)8-12(18)7-10/h6-8H,2-5,9H2,1H3. The highest BCUT2D eigenvalue weighted by molar-refractivity contribution is 7.90. The zero-order valence-electron chi connectivity index (χ0n) is 13.5. The lowest BCUT2D eigenvalue weighted by Crippen LogP contribution is -2.36. The van der Waals surface area contributed by atoms with Gasteiger partial charge in [-0.15, -0.1) is 0 Å². The molecule has 0 radical (unpaired) electrons. The smallest absolute Gasteiger partial charge is 0.226 e. The van der Waals surface area contributed by atoms with Crippen molar-refractivity contribution in [3.8, 4) is 11.5 Å². The van der Waals surface area contributed by atoms with Gasteiger partial charge in [-0.2, -0.15) is 0 Å². The van der Waals surface area contributed by atoms with Crippen LogP contribution < -0.4 is 0 Å². The number of amides is 1. The Bertz CT molecular complexity index is 904. The minimum absolute atomic E-state index is 0.0893. The summed E-state index contributed by atoms with van der Waals surface area (Å²) in [6, 6.07) is 3.00. The molecule has 6 nitrogen and oxygen atoms in total. The van der Waals surface area contributed by atoms with Crippen molar-refractivity contribution in [1.29, 1.82) is 0 Å². The van der Waals surface area contributed by atoms with E-state index in [4.69, 9.17) is 4.42 Å². The average Bonchev–Trinajstić information content (AvgIpc) is 2.94. The monoisotopic (exact) mass is 370 g/mol. The summed E-state index contributed by atoms with van der Waals surface area (Å²) in [6.45, 7) is 0.557. The largest absolute Gasteiger partial charge is 0.441 e. The number of halogens is 2. The fourth-order valence-electron chi connectivity index (χ4n) is 2.64. The van der Waals surface area contributed by atoms with Gasteiger partial charge in [0.05, 0.1) is 12.3 Å². The van der Waals surface area contributed by atoms with Crippen LogP contribution >= 0.6 is 0 Å². The minimum atomic E-state index is -3.21. The summed E-state index contributed by atoms with van der Waals surface area (Å²) in [7, 11) is -3.21. The molecular formula is C16H16F2N2O4S. The van der Waals surface area contributed by atoms with Crippen molar-refractivity contribution in [1.82, 2.24) is 9.88 Å². The van der Waals surface area contributed by atoms with Crippen LogP contribution in [0.4, 0.5) is 8.78 Å². The van der Waals surface area contributed by atoms with Gasteiger partial charge in [-0.3, -0.25) is 4.79 Å². The summed E-state index contributed by atoms with van der Waals surface area (Å²) >= 11 is 0. The van der Waals surface area contributed by atoms with Gasteiger partial charge >= 0.3 is 0 Å². The molecular weight excluding hydrogens is 354 g/mol. The molecule has 1 aliphatic rings. The molecule has 0 unspecified atom stereocenters. The highest BCUT2D eigenvalue weighted by Crippen LogP contribution is 2.27. The normalized spacial score (nSPS) is 14.4. The average molecular weight is 370 g/mol. The van der Waals surface area contributed by atoms with Crippen LogP contribution in [-0.2, 0) is 27.6 Å². The number of carbonyl (C=O) groups is 1. The van der Waals surface area contributed by atoms with Gasteiger partial charge in [0.15, 0.2) is 0 Å². The SMILES string of the molecule is CS(=O)(=O)CCC(=O)N1CCc2oc(-c3cc(F)cc(F)c3)nc2C1. The first-order valence-corrected chi connectivity index (χ1v) is 9.68. The Morgan fingerprint density at radius 3 is 2.60 bits per heavy atom. The van der Waals surface area contributed by atoms with Crippen molar-refractivity contribution in [2.75, 3.05) is 18.6 Å². The number of sulfone groups is 1. The highest BCUT2D eigenvalue weighted by atomic mass is 32.2. The van der Waals surface area contributed by atoms with Crippen molar-refractivity contribution in [3.63, 3.8) is 0 Å². The predicted molar refractivity (Wildman–Crippen MR) is 85.3 cm³/mol. The van der Waals surface area contributed by atoms with Crippen LogP contribution in [0, 0.1) is 11.6 Å². The maximum Gasteiger partial charge on any atom is 0.226 e. The Labute approximate surface area is 143 Å². The Kier molecular flexibility index (Phi) is 4.59. The topological polar surface area (TPSA) is 80.5 Å². The second kappa shape index (κ2) is 6.55. The number of hydrogen-bond donors (Lipinski definition) is 0. The lowest BCUT2D eigenvalue weighted by Gasteiger charge is -2.25. The zero-order valence-corrected chi connectivity index (χ0v) is 14.3. The first-order valence-electron chi connectivity index (χ1n) is 7.62. The van der Waals surface area contributed by atoms with Gasteiger partial charge in [-0.25, -0.2) is 22.2 Å². The third-order valence-corrected chi connectivity index (χ3v) is 4.82. The van der Waals surface area contributed by atoms with E-state index in [9.17, 15) is 22.0 Å². The van der Waals surface area contributed by atoms with Crippen molar-refractivity contribution in [2.24, 2.45) is 0 Å². The van der Waals surface area contributed by atoms with E-state index in [-0.39, 0.29) is 36.1 Å². The number of fused-ring (bicyclic) bond motifs is 1. The summed E-state index contributed by atoms with van der Waals surface area (Å²) in [6.07, 6.45) is 1.40. The quantitative estimate of drug-likeness (QED) is 0.822. The minimum Gasteiger partial charge on any atom is -0.441 e. The number of oxazole rings is 1. The molecule has 1 aromatic heterocycles. The maximum absolute atomic E-state index is 13.3. The molecule has 0 fully saturated rings. The highest BCUT2D eigenvalue weighted by Gasteiger charge is 2.26. The third-order valence-electron chi connectivity index (χ3n) is 3.88. The molecule has 134 valence electrons. The van der Waals surface area contributed by atoms with E-state index in [0.29, 0.717) is 24.4 Å². The molecule has 0 saturated carbocycles. The molecule has 0 bridgehead atoms. The summed E-state index contributed by atoms with van der Waals surface area (Å²) < 4.78 is 54.6. The molecule has 2 aromatic rings. The molecule has 1 aromatic carbocycles. The lowest BCUT2D eigenvalue weighted by atomic mass is 10.1. The number of rotatable bonds is 4. The van der Waals surface area contributed by atoms with Crippen LogP contribution in [0.15, 0.2) is 22.6 Å². The second-order valence-electron chi connectivity index (χ2n) is 5.99. The molecule has 25 heavy (non-hydrogen) atoms. The van der Waals surface area contributed by atoms with Gasteiger partial charge in [-0.1, -0.05) is 0 Å². The van der Waals surface area contributed by atoms with Gasteiger partial charge in [0.1, 0.15) is 32.9 Å².